The van der Waals surface area contributed by atoms with Gasteiger partial charge in [0.05, 0.1) is 0 Å². The summed E-state index contributed by atoms with van der Waals surface area (Å²) in [7, 11) is -0.731. The maximum absolute atomic E-state index is 11.4. The molecule has 20 heavy (non-hydrogen) atoms. The van der Waals surface area contributed by atoms with Crippen LogP contribution in [0.4, 0.5) is 0 Å². The number of likely N-dealkylation sites (tertiary alicyclic amines) is 1. The van der Waals surface area contributed by atoms with Gasteiger partial charge in [0, 0.05) is 48.0 Å². The number of nitrogens with one attached hydrogen (secondary N) is 1. The first-order valence-electron chi connectivity index (χ1n) is 7.47. The first-order valence-corrected chi connectivity index (χ1v) is 9.09. The van der Waals surface area contributed by atoms with E-state index in [1.165, 1.54) is 24.9 Å². The first-order chi connectivity index (χ1) is 9.65. The molecule has 0 spiro atoms. The molecule has 0 bridgehead atoms. The molecule has 0 saturated carbocycles. The molecule has 0 aliphatic carbocycles. The molecule has 1 N–H and O–H groups in total. The molecule has 1 heterocycles. The Bertz CT molecular complexity index is 424. The van der Waals surface area contributed by atoms with Crippen molar-refractivity contribution in [1.29, 1.82) is 0 Å². The highest BCUT2D eigenvalue weighted by Crippen LogP contribution is 2.13. The Kier molecular flexibility index (Phi) is 6.20. The second-order valence-corrected chi connectivity index (χ2v) is 7.58. The number of benzene rings is 1. The minimum absolute atomic E-state index is 0.236. The summed E-state index contributed by atoms with van der Waals surface area (Å²) in [6.07, 6.45) is 4.26. The van der Waals surface area contributed by atoms with Crippen molar-refractivity contribution >= 4 is 10.8 Å². The number of nitrogens with zero attached hydrogens (tertiary/aromatic N) is 1. The monoisotopic (exact) mass is 294 g/mol. The van der Waals surface area contributed by atoms with Gasteiger partial charge in [-0.25, -0.2) is 0 Å². The summed E-state index contributed by atoms with van der Waals surface area (Å²) in [4.78, 5) is 2.52. The molecule has 1 aliphatic heterocycles. The van der Waals surface area contributed by atoms with Crippen LogP contribution in [0.1, 0.15) is 25.3 Å². The van der Waals surface area contributed by atoms with Crippen LogP contribution in [-0.2, 0) is 17.3 Å². The van der Waals surface area contributed by atoms with Gasteiger partial charge in [-0.3, -0.25) is 9.11 Å². The molecular formula is C16H26N2OS. The van der Waals surface area contributed by atoms with Gasteiger partial charge in [0.1, 0.15) is 0 Å². The highest BCUT2D eigenvalue weighted by molar-refractivity contribution is 7.84. The predicted molar refractivity (Wildman–Crippen MR) is 86.3 cm³/mol. The van der Waals surface area contributed by atoms with Gasteiger partial charge in [0.2, 0.25) is 0 Å². The zero-order chi connectivity index (χ0) is 14.4. The van der Waals surface area contributed by atoms with E-state index >= 15 is 0 Å². The van der Waals surface area contributed by atoms with Crippen molar-refractivity contribution in [2.75, 3.05) is 25.9 Å². The molecule has 1 aromatic carbocycles. The molecule has 3 atom stereocenters. The molecule has 1 saturated heterocycles. The van der Waals surface area contributed by atoms with Crippen LogP contribution < -0.4 is 5.32 Å². The minimum atomic E-state index is -0.731. The van der Waals surface area contributed by atoms with Crippen LogP contribution in [0.2, 0.25) is 0 Å². The molecule has 3 unspecified atom stereocenters. The Hall–Kier alpha value is -0.710. The molecule has 0 aromatic heterocycles. The first kappa shape index (κ1) is 15.7. The van der Waals surface area contributed by atoms with Gasteiger partial charge in [0.25, 0.3) is 0 Å². The summed E-state index contributed by atoms with van der Waals surface area (Å²) in [5.41, 5.74) is 1.39. The quantitative estimate of drug-likeness (QED) is 0.871. The second-order valence-electron chi connectivity index (χ2n) is 5.78. The Morgan fingerprint density at radius 2 is 2.15 bits per heavy atom. The average Bonchev–Trinajstić information content (AvgIpc) is 2.46. The van der Waals surface area contributed by atoms with Gasteiger partial charge >= 0.3 is 0 Å². The third-order valence-electron chi connectivity index (χ3n) is 4.02. The zero-order valence-corrected chi connectivity index (χ0v) is 13.4. The second kappa shape index (κ2) is 7.91. The fourth-order valence-electron chi connectivity index (χ4n) is 2.66. The van der Waals surface area contributed by atoms with E-state index in [0.717, 1.165) is 19.6 Å². The lowest BCUT2D eigenvalue weighted by Gasteiger charge is -2.33. The smallest absolute Gasteiger partial charge is 0.0441 e. The lowest BCUT2D eigenvalue weighted by Crippen LogP contribution is -2.47. The van der Waals surface area contributed by atoms with Crippen LogP contribution in [0, 0.1) is 0 Å². The lowest BCUT2D eigenvalue weighted by atomic mass is 10.0. The van der Waals surface area contributed by atoms with E-state index in [9.17, 15) is 4.21 Å². The van der Waals surface area contributed by atoms with Gasteiger partial charge in [-0.2, -0.15) is 0 Å². The highest BCUT2D eigenvalue weighted by Gasteiger charge is 2.20. The normalized spacial score (nSPS) is 23.4. The molecule has 3 nitrogen and oxygen atoms in total. The van der Waals surface area contributed by atoms with Crippen LogP contribution in [0.5, 0.6) is 0 Å². The van der Waals surface area contributed by atoms with E-state index in [1.54, 1.807) is 6.26 Å². The Morgan fingerprint density at radius 1 is 1.40 bits per heavy atom. The third-order valence-corrected chi connectivity index (χ3v) is 5.32. The minimum Gasteiger partial charge on any atom is -0.312 e. The van der Waals surface area contributed by atoms with Gasteiger partial charge in [-0.15, -0.1) is 0 Å². The Morgan fingerprint density at radius 3 is 2.85 bits per heavy atom. The van der Waals surface area contributed by atoms with Gasteiger partial charge in [-0.05, 0) is 31.9 Å². The molecule has 1 aromatic rings. The highest BCUT2D eigenvalue weighted by atomic mass is 32.2. The molecule has 1 aliphatic rings. The fourth-order valence-corrected chi connectivity index (χ4v) is 2.99. The summed E-state index contributed by atoms with van der Waals surface area (Å²) < 4.78 is 11.4. The predicted octanol–water partition coefficient (Wildman–Crippen LogP) is 2.01. The van der Waals surface area contributed by atoms with Crippen LogP contribution >= 0.6 is 0 Å². The van der Waals surface area contributed by atoms with Crippen LogP contribution in [0.25, 0.3) is 0 Å². The van der Waals surface area contributed by atoms with Crippen molar-refractivity contribution in [3.05, 3.63) is 35.9 Å². The summed E-state index contributed by atoms with van der Waals surface area (Å²) in [5.74, 6) is 0. The van der Waals surface area contributed by atoms with Crippen molar-refractivity contribution in [3.8, 4) is 0 Å². The van der Waals surface area contributed by atoms with Gasteiger partial charge in [0.15, 0.2) is 0 Å². The number of hydrogen-bond acceptors (Lipinski definition) is 3. The van der Waals surface area contributed by atoms with E-state index in [4.69, 9.17) is 0 Å². The third kappa shape index (κ3) is 5.00. The van der Waals surface area contributed by atoms with Crippen molar-refractivity contribution < 1.29 is 4.21 Å². The molecule has 4 heteroatoms. The van der Waals surface area contributed by atoms with Crippen molar-refractivity contribution in [1.82, 2.24) is 10.2 Å². The molecule has 0 radical (unpaired) electrons. The molecule has 0 amide bonds. The maximum atomic E-state index is 11.4. The average molecular weight is 294 g/mol. The molecule has 2 rings (SSSR count). The summed E-state index contributed by atoms with van der Waals surface area (Å²) in [5, 5.41) is 3.82. The zero-order valence-electron chi connectivity index (χ0n) is 12.5. The van der Waals surface area contributed by atoms with Crippen LogP contribution in [0.3, 0.4) is 0 Å². The van der Waals surface area contributed by atoms with E-state index in [1.807, 2.05) is 6.92 Å². The van der Waals surface area contributed by atoms with Gasteiger partial charge in [-0.1, -0.05) is 30.3 Å². The Labute approximate surface area is 125 Å². The largest absolute Gasteiger partial charge is 0.312 e. The number of piperidine rings is 1. The van der Waals surface area contributed by atoms with Crippen LogP contribution in [0.15, 0.2) is 30.3 Å². The Balaban J connectivity index is 1.78. The van der Waals surface area contributed by atoms with Gasteiger partial charge < -0.3 is 5.32 Å². The van der Waals surface area contributed by atoms with Crippen molar-refractivity contribution in [2.45, 2.75) is 37.6 Å². The van der Waals surface area contributed by atoms with E-state index < -0.39 is 10.8 Å². The van der Waals surface area contributed by atoms with E-state index in [0.29, 0.717) is 6.04 Å². The SMILES string of the molecule is CC(CNC1CCCN(Cc2ccccc2)C1)S(C)=O. The molecular weight excluding hydrogens is 268 g/mol. The topological polar surface area (TPSA) is 32.3 Å². The maximum Gasteiger partial charge on any atom is 0.0441 e. The standard InChI is InChI=1S/C16H26N2OS/c1-14(20(2)19)11-17-16-9-6-10-18(13-16)12-15-7-4-3-5-8-15/h3-5,7-8,14,16-17H,6,9-13H2,1-2H3. The fraction of sp³-hybridized carbons (Fsp3) is 0.625. The lowest BCUT2D eigenvalue weighted by molar-refractivity contribution is 0.184. The van der Waals surface area contributed by atoms with Crippen molar-refractivity contribution in [3.63, 3.8) is 0 Å². The van der Waals surface area contributed by atoms with E-state index in [-0.39, 0.29) is 5.25 Å². The summed E-state index contributed by atoms with van der Waals surface area (Å²) in [6.45, 7) is 6.22. The number of hydrogen-bond donors (Lipinski definition) is 1. The van der Waals surface area contributed by atoms with Crippen LogP contribution in [-0.4, -0.2) is 46.3 Å². The molecule has 1 fully saturated rings. The summed E-state index contributed by atoms with van der Waals surface area (Å²) in [6, 6.07) is 11.2. The summed E-state index contributed by atoms with van der Waals surface area (Å²) >= 11 is 0. The van der Waals surface area contributed by atoms with E-state index in [2.05, 4.69) is 40.5 Å². The molecule has 112 valence electrons. The van der Waals surface area contributed by atoms with Crippen molar-refractivity contribution in [2.24, 2.45) is 0 Å². The number of rotatable bonds is 6.